The van der Waals surface area contributed by atoms with E-state index in [0.717, 1.165) is 44.4 Å². The number of rotatable bonds is 9. The van der Waals surface area contributed by atoms with E-state index in [4.69, 9.17) is 4.74 Å². The van der Waals surface area contributed by atoms with Crippen LogP contribution in [-0.4, -0.2) is 24.5 Å². The average Bonchev–Trinajstić information content (AvgIpc) is 2.73. The van der Waals surface area contributed by atoms with Gasteiger partial charge in [-0.05, 0) is 82.0 Å². The van der Waals surface area contributed by atoms with E-state index >= 15 is 0 Å². The Morgan fingerprint density at radius 2 is 1.48 bits per heavy atom. The molecule has 6 heteroatoms. The standard InChI is InChI=1S/C25H41F3O3/c1-2-3-4-5-18-6-11-20(12-7-18)23-17-14-21(24(29)30-23)13-8-19-9-15-22(16-10-19)31-25(26,27)28/h18-23H,2-17H2,1H3. The summed E-state index contributed by atoms with van der Waals surface area (Å²) in [6.07, 6.45) is 11.2. The number of unbranched alkanes of at least 4 members (excludes halogenated alkanes) is 2. The lowest BCUT2D eigenvalue weighted by molar-refractivity contribution is -0.345. The summed E-state index contributed by atoms with van der Waals surface area (Å²) in [4.78, 5) is 12.6. The van der Waals surface area contributed by atoms with Gasteiger partial charge in [0.2, 0.25) is 0 Å². The predicted molar refractivity (Wildman–Crippen MR) is 114 cm³/mol. The molecule has 0 aromatic rings. The molecule has 0 radical (unpaired) electrons. The third kappa shape index (κ3) is 8.25. The van der Waals surface area contributed by atoms with Crippen molar-refractivity contribution in [1.29, 1.82) is 0 Å². The van der Waals surface area contributed by atoms with Crippen molar-refractivity contribution in [3.05, 3.63) is 0 Å². The second-order valence-corrected chi connectivity index (χ2v) is 10.3. The number of alkyl halides is 3. The molecular formula is C25H41F3O3. The molecule has 3 fully saturated rings. The molecule has 0 N–H and O–H groups in total. The number of hydrogen-bond donors (Lipinski definition) is 0. The van der Waals surface area contributed by atoms with E-state index < -0.39 is 12.5 Å². The van der Waals surface area contributed by atoms with Gasteiger partial charge in [-0.2, -0.15) is 0 Å². The molecule has 0 bridgehead atoms. The van der Waals surface area contributed by atoms with E-state index in [1.165, 1.54) is 51.4 Å². The van der Waals surface area contributed by atoms with E-state index in [1.807, 2.05) is 0 Å². The summed E-state index contributed by atoms with van der Waals surface area (Å²) < 4.78 is 47.1. The molecule has 1 saturated heterocycles. The number of carbonyl (C=O) groups is 1. The number of hydrogen-bond acceptors (Lipinski definition) is 3. The van der Waals surface area contributed by atoms with Crippen LogP contribution in [0.2, 0.25) is 0 Å². The first kappa shape index (κ1) is 24.9. The fraction of sp³-hybridized carbons (Fsp3) is 0.960. The minimum Gasteiger partial charge on any atom is -0.462 e. The van der Waals surface area contributed by atoms with Crippen molar-refractivity contribution < 1.29 is 27.4 Å². The molecule has 1 heterocycles. The fourth-order valence-corrected chi connectivity index (χ4v) is 6.08. The molecule has 0 aromatic heterocycles. The third-order valence-electron chi connectivity index (χ3n) is 8.05. The SMILES string of the molecule is CCCCCC1CCC(C2CCC(CCC3CCC(OC(F)(F)F)CC3)C(=O)O2)CC1. The lowest BCUT2D eigenvalue weighted by Gasteiger charge is -2.37. The summed E-state index contributed by atoms with van der Waals surface area (Å²) in [5.74, 6) is 1.76. The van der Waals surface area contributed by atoms with Gasteiger partial charge < -0.3 is 4.74 Å². The highest BCUT2D eigenvalue weighted by Crippen LogP contribution is 2.39. The summed E-state index contributed by atoms with van der Waals surface area (Å²) in [6.45, 7) is 2.25. The van der Waals surface area contributed by atoms with Crippen molar-refractivity contribution in [3.8, 4) is 0 Å². The Morgan fingerprint density at radius 3 is 2.10 bits per heavy atom. The molecule has 3 nitrogen and oxygen atoms in total. The van der Waals surface area contributed by atoms with Crippen molar-refractivity contribution in [2.24, 2.45) is 23.7 Å². The van der Waals surface area contributed by atoms with Gasteiger partial charge in [0, 0.05) is 0 Å². The topological polar surface area (TPSA) is 35.5 Å². The Balaban J connectivity index is 1.31. The highest BCUT2D eigenvalue weighted by Gasteiger charge is 2.38. The average molecular weight is 447 g/mol. The van der Waals surface area contributed by atoms with Crippen molar-refractivity contribution in [2.75, 3.05) is 0 Å². The van der Waals surface area contributed by atoms with Crippen LogP contribution in [0, 0.1) is 23.7 Å². The Hall–Kier alpha value is -0.780. The maximum absolute atomic E-state index is 12.6. The highest BCUT2D eigenvalue weighted by atomic mass is 19.4. The van der Waals surface area contributed by atoms with Gasteiger partial charge in [-0.15, -0.1) is 13.2 Å². The zero-order valence-electron chi connectivity index (χ0n) is 19.1. The monoisotopic (exact) mass is 446 g/mol. The molecule has 0 amide bonds. The summed E-state index contributed by atoms with van der Waals surface area (Å²) in [5.41, 5.74) is 0. The lowest BCUT2D eigenvalue weighted by atomic mass is 9.75. The summed E-state index contributed by atoms with van der Waals surface area (Å²) in [6, 6.07) is 0. The largest absolute Gasteiger partial charge is 0.522 e. The number of halogens is 3. The minimum atomic E-state index is -4.53. The van der Waals surface area contributed by atoms with Crippen LogP contribution in [-0.2, 0) is 14.3 Å². The fourth-order valence-electron chi connectivity index (χ4n) is 6.08. The van der Waals surface area contributed by atoms with Crippen LogP contribution in [0.3, 0.4) is 0 Å². The summed E-state index contributed by atoms with van der Waals surface area (Å²) in [7, 11) is 0. The maximum Gasteiger partial charge on any atom is 0.522 e. The zero-order chi connectivity index (χ0) is 22.3. The molecule has 0 aromatic carbocycles. The predicted octanol–water partition coefficient (Wildman–Crippen LogP) is 7.57. The van der Waals surface area contributed by atoms with Crippen LogP contribution < -0.4 is 0 Å². The lowest BCUT2D eigenvalue weighted by Crippen LogP contribution is -2.37. The normalized spacial score (nSPS) is 35.0. The Morgan fingerprint density at radius 1 is 0.839 bits per heavy atom. The Labute approximate surface area is 185 Å². The molecular weight excluding hydrogens is 405 g/mol. The van der Waals surface area contributed by atoms with Crippen LogP contribution in [0.4, 0.5) is 13.2 Å². The smallest absolute Gasteiger partial charge is 0.462 e. The molecule has 2 atom stereocenters. The molecule has 2 unspecified atom stereocenters. The van der Waals surface area contributed by atoms with Crippen molar-refractivity contribution in [3.63, 3.8) is 0 Å². The van der Waals surface area contributed by atoms with Crippen LogP contribution >= 0.6 is 0 Å². The molecule has 3 aliphatic rings. The van der Waals surface area contributed by atoms with Crippen LogP contribution in [0.5, 0.6) is 0 Å². The molecule has 31 heavy (non-hydrogen) atoms. The van der Waals surface area contributed by atoms with Gasteiger partial charge in [0.15, 0.2) is 0 Å². The second kappa shape index (κ2) is 11.9. The van der Waals surface area contributed by atoms with Crippen LogP contribution in [0.1, 0.15) is 110 Å². The van der Waals surface area contributed by atoms with Gasteiger partial charge in [0.1, 0.15) is 6.10 Å². The van der Waals surface area contributed by atoms with Gasteiger partial charge in [-0.1, -0.05) is 45.4 Å². The Kier molecular flexibility index (Phi) is 9.54. The molecule has 180 valence electrons. The van der Waals surface area contributed by atoms with E-state index in [1.54, 1.807) is 0 Å². The van der Waals surface area contributed by atoms with Crippen LogP contribution in [0.25, 0.3) is 0 Å². The number of esters is 1. The van der Waals surface area contributed by atoms with Gasteiger partial charge in [0.25, 0.3) is 0 Å². The number of carbonyl (C=O) groups excluding carboxylic acids is 1. The van der Waals surface area contributed by atoms with Gasteiger partial charge in [-0.3, -0.25) is 9.53 Å². The number of cyclic esters (lactones) is 1. The number of ether oxygens (including phenoxy) is 2. The van der Waals surface area contributed by atoms with E-state index in [2.05, 4.69) is 11.7 Å². The van der Waals surface area contributed by atoms with Gasteiger partial charge in [0.05, 0.1) is 12.0 Å². The van der Waals surface area contributed by atoms with E-state index in [0.29, 0.717) is 24.7 Å². The molecule has 2 saturated carbocycles. The first-order chi connectivity index (χ1) is 14.8. The molecule has 1 aliphatic heterocycles. The van der Waals surface area contributed by atoms with E-state index in [9.17, 15) is 18.0 Å². The third-order valence-corrected chi connectivity index (χ3v) is 8.05. The summed E-state index contributed by atoms with van der Waals surface area (Å²) >= 11 is 0. The van der Waals surface area contributed by atoms with Gasteiger partial charge in [-0.25, -0.2) is 0 Å². The highest BCUT2D eigenvalue weighted by molar-refractivity contribution is 5.73. The summed E-state index contributed by atoms with van der Waals surface area (Å²) in [5, 5.41) is 0. The van der Waals surface area contributed by atoms with Crippen molar-refractivity contribution in [1.82, 2.24) is 0 Å². The van der Waals surface area contributed by atoms with Gasteiger partial charge >= 0.3 is 12.3 Å². The molecule has 0 spiro atoms. The molecule has 2 aliphatic carbocycles. The maximum atomic E-state index is 12.6. The Bertz CT molecular complexity index is 535. The first-order valence-electron chi connectivity index (χ1n) is 12.8. The zero-order valence-corrected chi connectivity index (χ0v) is 19.1. The van der Waals surface area contributed by atoms with Crippen molar-refractivity contribution >= 4 is 5.97 Å². The first-order valence-corrected chi connectivity index (χ1v) is 12.8. The van der Waals surface area contributed by atoms with Crippen LogP contribution in [0.15, 0.2) is 0 Å². The molecule has 3 rings (SSSR count). The second-order valence-electron chi connectivity index (χ2n) is 10.3. The van der Waals surface area contributed by atoms with Crippen molar-refractivity contribution in [2.45, 2.75) is 128 Å². The minimum absolute atomic E-state index is 0.0224. The quantitative estimate of drug-likeness (QED) is 0.271. The van der Waals surface area contributed by atoms with E-state index in [-0.39, 0.29) is 18.0 Å².